The lowest BCUT2D eigenvalue weighted by molar-refractivity contribution is 0.0951. The zero-order valence-corrected chi connectivity index (χ0v) is 10.7. The number of hydrogen-bond donors (Lipinski definition) is 2. The SMILES string of the molecule is COc1ccc(C(=O)NCc2ccc(N)cc2)cc1. The third-order valence-corrected chi connectivity index (χ3v) is 2.78. The number of carbonyl (C=O) groups excluding carboxylic acids is 1. The van der Waals surface area contributed by atoms with Crippen LogP contribution in [0.15, 0.2) is 48.5 Å². The second-order valence-corrected chi connectivity index (χ2v) is 4.15. The highest BCUT2D eigenvalue weighted by Gasteiger charge is 2.05. The van der Waals surface area contributed by atoms with Crippen molar-refractivity contribution in [2.45, 2.75) is 6.54 Å². The first kappa shape index (κ1) is 13.0. The molecule has 1 amide bonds. The highest BCUT2D eigenvalue weighted by atomic mass is 16.5. The Morgan fingerprint density at radius 1 is 1.11 bits per heavy atom. The average molecular weight is 256 g/mol. The molecule has 0 spiro atoms. The van der Waals surface area contributed by atoms with Gasteiger partial charge in [0, 0.05) is 17.8 Å². The number of nitrogens with two attached hydrogens (primary N) is 1. The number of carbonyl (C=O) groups is 1. The molecule has 0 saturated carbocycles. The van der Waals surface area contributed by atoms with E-state index in [1.54, 1.807) is 31.4 Å². The Labute approximate surface area is 112 Å². The van der Waals surface area contributed by atoms with Crippen LogP contribution in [-0.2, 0) is 6.54 Å². The molecule has 0 aliphatic carbocycles. The van der Waals surface area contributed by atoms with E-state index in [9.17, 15) is 4.79 Å². The van der Waals surface area contributed by atoms with Crippen LogP contribution in [0.5, 0.6) is 5.75 Å². The molecular formula is C15H16N2O2. The first-order chi connectivity index (χ1) is 9.19. The molecule has 0 radical (unpaired) electrons. The van der Waals surface area contributed by atoms with Gasteiger partial charge in [-0.2, -0.15) is 0 Å². The van der Waals surface area contributed by atoms with Crippen molar-refractivity contribution in [1.82, 2.24) is 5.32 Å². The number of amides is 1. The van der Waals surface area contributed by atoms with E-state index in [2.05, 4.69) is 5.32 Å². The average Bonchev–Trinajstić information content (AvgIpc) is 2.46. The van der Waals surface area contributed by atoms with Crippen molar-refractivity contribution in [1.29, 1.82) is 0 Å². The quantitative estimate of drug-likeness (QED) is 0.824. The van der Waals surface area contributed by atoms with Crippen LogP contribution in [-0.4, -0.2) is 13.0 Å². The first-order valence-corrected chi connectivity index (χ1v) is 5.96. The molecule has 0 aliphatic heterocycles. The summed E-state index contributed by atoms with van der Waals surface area (Å²) in [5.41, 5.74) is 7.93. The van der Waals surface area contributed by atoms with Crippen LogP contribution in [0.4, 0.5) is 5.69 Å². The first-order valence-electron chi connectivity index (χ1n) is 5.96. The summed E-state index contributed by atoms with van der Waals surface area (Å²) in [6.45, 7) is 0.477. The molecule has 4 nitrogen and oxygen atoms in total. The van der Waals surface area contributed by atoms with E-state index in [0.717, 1.165) is 11.3 Å². The van der Waals surface area contributed by atoms with Crippen LogP contribution in [0.3, 0.4) is 0 Å². The lowest BCUT2D eigenvalue weighted by Gasteiger charge is -2.06. The predicted octanol–water partition coefficient (Wildman–Crippen LogP) is 2.21. The van der Waals surface area contributed by atoms with E-state index in [1.807, 2.05) is 24.3 Å². The van der Waals surface area contributed by atoms with Crippen LogP contribution in [0.1, 0.15) is 15.9 Å². The Kier molecular flexibility index (Phi) is 4.03. The van der Waals surface area contributed by atoms with Crippen molar-refractivity contribution < 1.29 is 9.53 Å². The van der Waals surface area contributed by atoms with E-state index in [1.165, 1.54) is 0 Å². The molecule has 0 aliphatic rings. The minimum atomic E-state index is -0.112. The molecule has 0 saturated heterocycles. The van der Waals surface area contributed by atoms with Crippen LogP contribution in [0.25, 0.3) is 0 Å². The lowest BCUT2D eigenvalue weighted by atomic mass is 10.2. The molecule has 0 bridgehead atoms. The largest absolute Gasteiger partial charge is 0.497 e. The summed E-state index contributed by atoms with van der Waals surface area (Å²) in [4.78, 5) is 11.9. The molecule has 2 rings (SSSR count). The molecule has 98 valence electrons. The van der Waals surface area contributed by atoms with Crippen molar-refractivity contribution in [3.8, 4) is 5.75 Å². The third kappa shape index (κ3) is 3.48. The maximum Gasteiger partial charge on any atom is 0.251 e. The van der Waals surface area contributed by atoms with Gasteiger partial charge in [0.15, 0.2) is 0 Å². The number of nitrogens with one attached hydrogen (secondary N) is 1. The van der Waals surface area contributed by atoms with Gasteiger partial charge in [0.1, 0.15) is 5.75 Å². The second-order valence-electron chi connectivity index (χ2n) is 4.15. The normalized spacial score (nSPS) is 9.95. The zero-order chi connectivity index (χ0) is 13.7. The highest BCUT2D eigenvalue weighted by molar-refractivity contribution is 5.94. The van der Waals surface area contributed by atoms with Gasteiger partial charge < -0.3 is 15.8 Å². The van der Waals surface area contributed by atoms with Crippen molar-refractivity contribution in [2.75, 3.05) is 12.8 Å². The molecule has 3 N–H and O–H groups in total. The Hall–Kier alpha value is -2.49. The Balaban J connectivity index is 1.95. The molecule has 2 aromatic carbocycles. The van der Waals surface area contributed by atoms with Crippen LogP contribution >= 0.6 is 0 Å². The monoisotopic (exact) mass is 256 g/mol. The third-order valence-electron chi connectivity index (χ3n) is 2.78. The number of ether oxygens (including phenoxy) is 1. The van der Waals surface area contributed by atoms with E-state index >= 15 is 0 Å². The number of rotatable bonds is 4. The number of anilines is 1. The van der Waals surface area contributed by atoms with Crippen LogP contribution in [0.2, 0.25) is 0 Å². The van der Waals surface area contributed by atoms with Crippen LogP contribution in [0, 0.1) is 0 Å². The van der Waals surface area contributed by atoms with Gasteiger partial charge in [-0.25, -0.2) is 0 Å². The van der Waals surface area contributed by atoms with Crippen molar-refractivity contribution in [3.63, 3.8) is 0 Å². The molecule has 0 unspecified atom stereocenters. The summed E-state index contributed by atoms with van der Waals surface area (Å²) in [7, 11) is 1.59. The molecular weight excluding hydrogens is 240 g/mol. The van der Waals surface area contributed by atoms with E-state index in [0.29, 0.717) is 17.8 Å². The number of benzene rings is 2. The van der Waals surface area contributed by atoms with Gasteiger partial charge >= 0.3 is 0 Å². The smallest absolute Gasteiger partial charge is 0.251 e. The molecule has 0 atom stereocenters. The topological polar surface area (TPSA) is 64.3 Å². The van der Waals surface area contributed by atoms with Gasteiger partial charge in [0.2, 0.25) is 0 Å². The Morgan fingerprint density at radius 2 is 1.74 bits per heavy atom. The fourth-order valence-electron chi connectivity index (χ4n) is 1.66. The zero-order valence-electron chi connectivity index (χ0n) is 10.7. The molecule has 0 fully saturated rings. The number of hydrogen-bond acceptors (Lipinski definition) is 3. The number of nitrogen functional groups attached to an aromatic ring is 1. The fraction of sp³-hybridized carbons (Fsp3) is 0.133. The predicted molar refractivity (Wildman–Crippen MR) is 75.0 cm³/mol. The van der Waals surface area contributed by atoms with Crippen molar-refractivity contribution in [3.05, 3.63) is 59.7 Å². The molecule has 0 heterocycles. The molecule has 0 aromatic heterocycles. The van der Waals surface area contributed by atoms with Crippen molar-refractivity contribution >= 4 is 11.6 Å². The van der Waals surface area contributed by atoms with Gasteiger partial charge in [0.25, 0.3) is 5.91 Å². The molecule has 4 heteroatoms. The Bertz CT molecular complexity index is 547. The summed E-state index contributed by atoms with van der Waals surface area (Å²) < 4.78 is 5.05. The summed E-state index contributed by atoms with van der Waals surface area (Å²) in [5, 5.41) is 2.85. The number of methoxy groups -OCH3 is 1. The van der Waals surface area contributed by atoms with E-state index in [4.69, 9.17) is 10.5 Å². The van der Waals surface area contributed by atoms with Gasteiger partial charge in [-0.05, 0) is 42.0 Å². The van der Waals surface area contributed by atoms with Gasteiger partial charge in [0.05, 0.1) is 7.11 Å². The molecule has 2 aromatic rings. The fourth-order valence-corrected chi connectivity index (χ4v) is 1.66. The van der Waals surface area contributed by atoms with E-state index < -0.39 is 0 Å². The second kappa shape index (κ2) is 5.91. The van der Waals surface area contributed by atoms with Gasteiger partial charge in [-0.3, -0.25) is 4.79 Å². The lowest BCUT2D eigenvalue weighted by Crippen LogP contribution is -2.22. The summed E-state index contributed by atoms with van der Waals surface area (Å²) >= 11 is 0. The standard InChI is InChI=1S/C15H16N2O2/c1-19-14-8-4-12(5-9-14)15(18)17-10-11-2-6-13(16)7-3-11/h2-9H,10,16H2,1H3,(H,17,18). The van der Waals surface area contributed by atoms with Gasteiger partial charge in [-0.15, -0.1) is 0 Å². The summed E-state index contributed by atoms with van der Waals surface area (Å²) in [6.07, 6.45) is 0. The summed E-state index contributed by atoms with van der Waals surface area (Å²) in [6, 6.07) is 14.4. The van der Waals surface area contributed by atoms with E-state index in [-0.39, 0.29) is 5.91 Å². The molecule has 19 heavy (non-hydrogen) atoms. The highest BCUT2D eigenvalue weighted by Crippen LogP contribution is 2.11. The maximum absolute atomic E-state index is 11.9. The minimum Gasteiger partial charge on any atom is -0.497 e. The van der Waals surface area contributed by atoms with Crippen molar-refractivity contribution in [2.24, 2.45) is 0 Å². The summed E-state index contributed by atoms with van der Waals surface area (Å²) in [5.74, 6) is 0.620. The van der Waals surface area contributed by atoms with Gasteiger partial charge in [-0.1, -0.05) is 12.1 Å². The minimum absolute atomic E-state index is 0.112. The Morgan fingerprint density at radius 3 is 2.32 bits per heavy atom. The maximum atomic E-state index is 11.9. The van der Waals surface area contributed by atoms with Crippen LogP contribution < -0.4 is 15.8 Å².